The van der Waals surface area contributed by atoms with Crippen LogP contribution in [0.1, 0.15) is 67.7 Å². The highest BCUT2D eigenvalue weighted by atomic mass is 35.5. The Hall–Kier alpha value is -1.31. The van der Waals surface area contributed by atoms with Gasteiger partial charge in [-0.3, -0.25) is 4.18 Å². The first-order valence-electron chi connectivity index (χ1n) is 9.42. The highest BCUT2D eigenvalue weighted by Gasteiger charge is 2.28. The monoisotopic (exact) mass is 421 g/mol. The average Bonchev–Trinajstić information content (AvgIpc) is 2.95. The molecule has 1 aromatic heterocycles. The van der Waals surface area contributed by atoms with E-state index in [-0.39, 0.29) is 20.9 Å². The Morgan fingerprint density at radius 1 is 1.29 bits per heavy atom. The first-order chi connectivity index (χ1) is 12.7. The number of hydrogen-bond acceptors (Lipinski definition) is 4. The van der Waals surface area contributed by atoms with Crippen molar-refractivity contribution in [1.29, 1.82) is 0 Å². The smallest absolute Gasteiger partial charge is 0.264 e. The van der Waals surface area contributed by atoms with Crippen molar-refractivity contribution >= 4 is 30.1 Å². The van der Waals surface area contributed by atoms with E-state index in [1.807, 2.05) is 24.3 Å². The zero-order chi connectivity index (χ0) is 19.6. The quantitative estimate of drug-likeness (QED) is 0.498. The van der Waals surface area contributed by atoms with Gasteiger partial charge in [0.05, 0.1) is 18.6 Å². The Labute approximate surface area is 175 Å². The normalized spacial score (nSPS) is 16.7. The molecule has 8 heteroatoms. The third kappa shape index (κ3) is 5.61. The summed E-state index contributed by atoms with van der Waals surface area (Å²) in [6.07, 6.45) is 4.87. The molecular formula is C20H27BClN2O3S. The predicted octanol–water partition coefficient (Wildman–Crippen LogP) is 4.11. The third-order valence-corrected chi connectivity index (χ3v) is 5.85. The molecule has 0 saturated heterocycles. The molecule has 0 saturated carbocycles. The Morgan fingerprint density at radius 2 is 1.96 bits per heavy atom. The molecule has 2 aromatic rings. The van der Waals surface area contributed by atoms with Gasteiger partial charge in [0.25, 0.3) is 10.1 Å². The first-order valence-corrected chi connectivity index (χ1v) is 11.6. The number of imidazole rings is 1. The molecule has 0 N–H and O–H groups in total. The number of aromatic nitrogens is 2. The molecule has 3 radical (unpaired) electrons. The van der Waals surface area contributed by atoms with Gasteiger partial charge in [-0.15, -0.1) is 0 Å². The standard InChI is InChI=1S/C20H27ClN2O3S.B/c1-14(2)20-22-18-6-4-5-16(11-12-26-27(3,24)25)19(18)23(20)13-15-7-9-17(21)10-8-15;/h7-10,14,16H,4-6,11-13H2,1-3H3;. The maximum atomic E-state index is 11.3. The highest BCUT2D eigenvalue weighted by Crippen LogP contribution is 2.36. The lowest BCUT2D eigenvalue weighted by atomic mass is 9.87. The van der Waals surface area contributed by atoms with Crippen molar-refractivity contribution in [1.82, 2.24) is 9.55 Å². The van der Waals surface area contributed by atoms with E-state index in [2.05, 4.69) is 18.4 Å². The van der Waals surface area contributed by atoms with Gasteiger partial charge in [0.1, 0.15) is 5.82 Å². The molecule has 1 heterocycles. The number of hydrogen-bond donors (Lipinski definition) is 0. The van der Waals surface area contributed by atoms with Crippen molar-refractivity contribution in [2.45, 2.75) is 57.9 Å². The Kier molecular flexibility index (Phi) is 7.77. The van der Waals surface area contributed by atoms with Crippen molar-refractivity contribution in [3.63, 3.8) is 0 Å². The molecule has 1 aromatic carbocycles. The zero-order valence-corrected chi connectivity index (χ0v) is 18.3. The number of rotatable bonds is 7. The Morgan fingerprint density at radius 3 is 2.57 bits per heavy atom. The van der Waals surface area contributed by atoms with Gasteiger partial charge < -0.3 is 4.57 Å². The second-order valence-corrected chi connectivity index (χ2v) is 9.65. The molecule has 0 amide bonds. The first kappa shape index (κ1) is 23.0. The minimum atomic E-state index is -3.41. The van der Waals surface area contributed by atoms with Crippen LogP contribution in [-0.2, 0) is 27.3 Å². The lowest BCUT2D eigenvalue weighted by Gasteiger charge is -2.25. The molecule has 1 unspecified atom stereocenters. The number of benzene rings is 1. The summed E-state index contributed by atoms with van der Waals surface area (Å²) in [4.78, 5) is 4.95. The van der Waals surface area contributed by atoms with Crippen LogP contribution in [0.25, 0.3) is 0 Å². The fourth-order valence-electron chi connectivity index (χ4n) is 3.83. The number of fused-ring (bicyclic) bond motifs is 1. The minimum Gasteiger partial charge on any atom is -0.327 e. The van der Waals surface area contributed by atoms with E-state index in [0.29, 0.717) is 12.3 Å². The molecule has 0 aliphatic heterocycles. The molecule has 3 rings (SSSR count). The summed E-state index contributed by atoms with van der Waals surface area (Å²) in [5.74, 6) is 1.67. The van der Waals surface area contributed by atoms with Gasteiger partial charge in [-0.25, -0.2) is 4.98 Å². The fourth-order valence-corrected chi connectivity index (χ4v) is 4.35. The van der Waals surface area contributed by atoms with E-state index in [1.165, 1.54) is 11.3 Å². The van der Waals surface area contributed by atoms with Crippen LogP contribution in [0.5, 0.6) is 0 Å². The number of nitrogens with zero attached hydrogens (tertiary/aromatic N) is 2. The van der Waals surface area contributed by atoms with Gasteiger partial charge in [0.15, 0.2) is 0 Å². The van der Waals surface area contributed by atoms with Crippen molar-refractivity contribution in [3.8, 4) is 0 Å². The molecule has 5 nitrogen and oxygen atoms in total. The Bertz CT molecular complexity index is 895. The minimum absolute atomic E-state index is 0. The molecule has 1 aliphatic rings. The lowest BCUT2D eigenvalue weighted by molar-refractivity contribution is 0.293. The van der Waals surface area contributed by atoms with Crippen LogP contribution >= 0.6 is 11.6 Å². The number of aryl methyl sites for hydroxylation is 1. The van der Waals surface area contributed by atoms with Crippen molar-refractivity contribution in [2.75, 3.05) is 12.9 Å². The summed E-state index contributed by atoms with van der Waals surface area (Å²) in [7, 11) is -3.41. The number of halogens is 1. The maximum Gasteiger partial charge on any atom is 0.264 e. The van der Waals surface area contributed by atoms with Crippen LogP contribution in [0.3, 0.4) is 0 Å². The van der Waals surface area contributed by atoms with Gasteiger partial charge in [-0.05, 0) is 43.4 Å². The van der Waals surface area contributed by atoms with E-state index >= 15 is 0 Å². The summed E-state index contributed by atoms with van der Waals surface area (Å²) in [6.45, 7) is 5.28. The maximum absolute atomic E-state index is 11.3. The molecular weight excluding hydrogens is 395 g/mol. The SMILES string of the molecule is CC(C)c1nc2c(n1Cc1ccc(Cl)cc1)C(CCOS(C)(=O)=O)CCC2.[B]. The third-order valence-electron chi connectivity index (χ3n) is 5.00. The molecule has 151 valence electrons. The van der Waals surface area contributed by atoms with Crippen molar-refractivity contribution in [3.05, 3.63) is 52.1 Å². The fraction of sp³-hybridized carbons (Fsp3) is 0.550. The van der Waals surface area contributed by atoms with E-state index in [9.17, 15) is 8.42 Å². The predicted molar refractivity (Wildman–Crippen MR) is 114 cm³/mol. The van der Waals surface area contributed by atoms with Crippen LogP contribution < -0.4 is 0 Å². The zero-order valence-electron chi connectivity index (χ0n) is 16.7. The second-order valence-electron chi connectivity index (χ2n) is 7.57. The van der Waals surface area contributed by atoms with Gasteiger partial charge in [0, 0.05) is 37.5 Å². The second kappa shape index (κ2) is 9.46. The summed E-state index contributed by atoms with van der Waals surface area (Å²) in [5.41, 5.74) is 3.58. The van der Waals surface area contributed by atoms with Crippen molar-refractivity contribution in [2.24, 2.45) is 0 Å². The topological polar surface area (TPSA) is 61.2 Å². The molecule has 0 bridgehead atoms. The summed E-state index contributed by atoms with van der Waals surface area (Å²) < 4.78 is 29.9. The summed E-state index contributed by atoms with van der Waals surface area (Å²) >= 11 is 6.03. The van der Waals surface area contributed by atoms with Gasteiger partial charge in [-0.1, -0.05) is 37.6 Å². The van der Waals surface area contributed by atoms with Gasteiger partial charge in [-0.2, -0.15) is 8.42 Å². The van der Waals surface area contributed by atoms with Crippen LogP contribution in [0.15, 0.2) is 24.3 Å². The summed E-state index contributed by atoms with van der Waals surface area (Å²) in [5, 5.41) is 0.728. The Balaban J connectivity index is 0.00000280. The highest BCUT2D eigenvalue weighted by molar-refractivity contribution is 7.85. The van der Waals surface area contributed by atoms with Crippen LogP contribution in [-0.4, -0.2) is 39.2 Å². The average molecular weight is 422 g/mol. The lowest BCUT2D eigenvalue weighted by Crippen LogP contribution is -2.18. The van der Waals surface area contributed by atoms with E-state index < -0.39 is 10.1 Å². The van der Waals surface area contributed by atoms with Gasteiger partial charge in [0.2, 0.25) is 0 Å². The van der Waals surface area contributed by atoms with E-state index in [4.69, 9.17) is 20.8 Å². The van der Waals surface area contributed by atoms with Crippen LogP contribution in [0, 0.1) is 0 Å². The van der Waals surface area contributed by atoms with Crippen LogP contribution in [0.4, 0.5) is 0 Å². The largest absolute Gasteiger partial charge is 0.327 e. The molecule has 0 spiro atoms. The summed E-state index contributed by atoms with van der Waals surface area (Å²) in [6, 6.07) is 7.91. The van der Waals surface area contributed by atoms with Crippen molar-refractivity contribution < 1.29 is 12.6 Å². The molecule has 28 heavy (non-hydrogen) atoms. The molecule has 1 atom stereocenters. The van der Waals surface area contributed by atoms with Crippen LogP contribution in [0.2, 0.25) is 5.02 Å². The molecule has 0 fully saturated rings. The molecule has 1 aliphatic carbocycles. The van der Waals surface area contributed by atoms with Gasteiger partial charge >= 0.3 is 0 Å². The van der Waals surface area contributed by atoms with E-state index in [1.54, 1.807) is 0 Å². The van der Waals surface area contributed by atoms with E-state index in [0.717, 1.165) is 48.6 Å².